The van der Waals surface area contributed by atoms with Gasteiger partial charge in [-0.05, 0) is 6.42 Å². The summed E-state index contributed by atoms with van der Waals surface area (Å²) in [7, 11) is -15.7. The van der Waals surface area contributed by atoms with Crippen LogP contribution in [0.25, 0.3) is 22.3 Å². The predicted molar refractivity (Wildman–Crippen MR) is 167 cm³/mol. The molecule has 7 unspecified atom stereocenters. The minimum atomic E-state index is -5.96. The van der Waals surface area contributed by atoms with Gasteiger partial charge in [0.2, 0.25) is 18.2 Å². The summed E-state index contributed by atoms with van der Waals surface area (Å²) < 4.78 is 64.2. The first-order chi connectivity index (χ1) is 24.2. The first-order valence-electron chi connectivity index (χ1n) is 14.7. The van der Waals surface area contributed by atoms with E-state index in [-0.39, 0.29) is 40.6 Å². The summed E-state index contributed by atoms with van der Waals surface area (Å²) in [5.74, 6) is -1.64. The van der Waals surface area contributed by atoms with Crippen LogP contribution < -0.4 is 27.2 Å². The van der Waals surface area contributed by atoms with Crippen molar-refractivity contribution in [3.05, 3.63) is 33.4 Å². The van der Waals surface area contributed by atoms with Crippen LogP contribution in [0.3, 0.4) is 0 Å². The lowest BCUT2D eigenvalue weighted by Gasteiger charge is -2.21. The number of anilines is 2. The summed E-state index contributed by atoms with van der Waals surface area (Å²) >= 11 is 0. The van der Waals surface area contributed by atoms with Gasteiger partial charge < -0.3 is 51.3 Å². The minimum absolute atomic E-state index is 0.0595. The largest absolute Gasteiger partial charge is 0.490 e. The third kappa shape index (κ3) is 7.48. The number of fused-ring (bicyclic) bond motifs is 2. The van der Waals surface area contributed by atoms with Gasteiger partial charge in [-0.3, -0.25) is 33.2 Å². The van der Waals surface area contributed by atoms with Crippen molar-refractivity contribution >= 4 is 57.7 Å². The third-order valence-corrected chi connectivity index (χ3v) is 12.5. The van der Waals surface area contributed by atoms with Crippen LogP contribution in [-0.2, 0) is 43.1 Å². The zero-order valence-electron chi connectivity index (χ0n) is 26.3. The molecule has 0 amide bonds. The summed E-state index contributed by atoms with van der Waals surface area (Å²) in [6, 6.07) is -0.956. The monoisotopic (exact) mass is 801 g/mol. The normalized spacial score (nSPS) is 30.1. The van der Waals surface area contributed by atoms with E-state index < -0.39 is 96.5 Å². The Kier molecular flexibility index (Phi) is 10.1. The maximum absolute atomic E-state index is 12.5. The first kappa shape index (κ1) is 38.2. The number of hydrogen-bond donors (Lipinski definition) is 11. The summed E-state index contributed by atoms with van der Waals surface area (Å²) in [6.07, 6.45) is -7.46. The van der Waals surface area contributed by atoms with E-state index >= 15 is 0 Å². The molecule has 1 saturated carbocycles. The molecule has 2 aliphatic rings. The van der Waals surface area contributed by atoms with Gasteiger partial charge in [0, 0.05) is 5.92 Å². The topological polar surface area (TPSA) is 409 Å². The highest BCUT2D eigenvalue weighted by atomic mass is 31.3. The average molecular weight is 801 g/mol. The molecular formula is C22H32N10O17P3+. The van der Waals surface area contributed by atoms with Gasteiger partial charge in [0.05, 0.1) is 32.7 Å². The molecule has 0 radical (unpaired) electrons. The van der Waals surface area contributed by atoms with Crippen molar-refractivity contribution in [3.63, 3.8) is 0 Å². The van der Waals surface area contributed by atoms with Crippen molar-refractivity contribution in [1.82, 2.24) is 34.1 Å². The molecule has 1 saturated heterocycles. The number of rotatable bonds is 12. The highest BCUT2D eigenvalue weighted by Crippen LogP contribution is 2.68. The average Bonchev–Trinajstić information content (AvgIpc) is 3.74. The van der Waals surface area contributed by atoms with E-state index in [1.165, 1.54) is 22.5 Å². The zero-order chi connectivity index (χ0) is 38.1. The van der Waals surface area contributed by atoms with Gasteiger partial charge in [0.1, 0.15) is 30.5 Å². The highest BCUT2D eigenvalue weighted by Gasteiger charge is 2.50. The van der Waals surface area contributed by atoms with Crippen LogP contribution in [0.2, 0.25) is 0 Å². The number of phosphoric ester groups is 2. The summed E-state index contributed by atoms with van der Waals surface area (Å²) in [5, 5.41) is 42.3. The molecule has 52 heavy (non-hydrogen) atoms. The second-order valence-corrected chi connectivity index (χ2v) is 16.4. The van der Waals surface area contributed by atoms with Gasteiger partial charge in [0.25, 0.3) is 16.7 Å². The van der Waals surface area contributed by atoms with Crippen LogP contribution in [0, 0.1) is 5.92 Å². The number of aromatic amines is 2. The Morgan fingerprint density at radius 1 is 0.865 bits per heavy atom. The molecule has 286 valence electrons. The Balaban J connectivity index is 1.05. The van der Waals surface area contributed by atoms with Gasteiger partial charge in [-0.15, -0.1) is 0 Å². The second kappa shape index (κ2) is 13.7. The molecule has 13 N–H and O–H groups in total. The number of nitrogens with zero attached hydrogens (tertiary/aromatic N) is 6. The molecule has 0 aromatic carbocycles. The Labute approximate surface area is 287 Å². The third-order valence-electron chi connectivity index (χ3n) is 8.25. The van der Waals surface area contributed by atoms with E-state index in [2.05, 4.69) is 38.1 Å². The van der Waals surface area contributed by atoms with Gasteiger partial charge in [-0.1, -0.05) is 0 Å². The fraction of sp³-hybridized carbons (Fsp3) is 0.545. The number of H-pyrrole nitrogens is 2. The second-order valence-electron chi connectivity index (χ2n) is 11.8. The molecule has 1 aliphatic heterocycles. The SMILES string of the molecule is C[n+]1cn([C@@H]2C[C@H](COP(=O)(O)OP(=O)(O)OP(=O)(O)OC[C@H]3O[C@@H](n4cnc5c(=O)[nH]c(N)nc54)C(O)C3O)C(O)C2O)c2nc(N)[nH]c(=O)c21. The number of nitrogen functional groups attached to an aromatic ring is 2. The molecule has 4 aromatic heterocycles. The molecule has 0 spiro atoms. The fourth-order valence-electron chi connectivity index (χ4n) is 5.96. The van der Waals surface area contributed by atoms with Crippen molar-refractivity contribution < 1.29 is 75.8 Å². The number of nitrogens with two attached hydrogens (primary N) is 2. The smallest absolute Gasteiger partial charge is 0.390 e. The number of aliphatic hydroxyl groups excluding tert-OH is 4. The number of aryl methyl sites for hydroxylation is 1. The van der Waals surface area contributed by atoms with E-state index in [0.717, 1.165) is 10.9 Å². The number of ether oxygens (including phenoxy) is 1. The molecule has 0 bridgehead atoms. The van der Waals surface area contributed by atoms with Crippen molar-refractivity contribution in [2.45, 2.75) is 49.2 Å². The maximum Gasteiger partial charge on any atom is 0.490 e. The molecule has 2 fully saturated rings. The van der Waals surface area contributed by atoms with E-state index in [4.69, 9.17) is 20.7 Å². The molecule has 30 heteroatoms. The van der Waals surface area contributed by atoms with Gasteiger partial charge >= 0.3 is 29.0 Å². The van der Waals surface area contributed by atoms with E-state index in [1.54, 1.807) is 0 Å². The zero-order valence-corrected chi connectivity index (χ0v) is 29.0. The van der Waals surface area contributed by atoms with Crippen molar-refractivity contribution in [1.29, 1.82) is 0 Å². The lowest BCUT2D eigenvalue weighted by molar-refractivity contribution is -0.646. The summed E-state index contributed by atoms with van der Waals surface area (Å²) in [6.45, 7) is -1.94. The number of phosphoric acid groups is 3. The minimum Gasteiger partial charge on any atom is -0.390 e. The standard InChI is InChI=1S/C22H31N10O17P3/c1-30-6-32(17-11(30)19(38)29-22(24)27-17)8-2-7(12(33)13(8)34)3-45-50(39,40)48-52(43,44)49-51(41,42)46-4-9-14(35)15(36)20(47-9)31-5-25-10-16(31)26-21(23)28-18(10)37/h5-9,12-15,20,33-36H,2-4H2,1H3,(H8-,23,24,26,27,28,29,37,38,39,40,41,42,43,44)/p+1/t7-,8-,9-,12?,13?,14?,15?,20-/m1/s1. The number of aromatic nitrogens is 8. The highest BCUT2D eigenvalue weighted by molar-refractivity contribution is 7.66. The lowest BCUT2D eigenvalue weighted by Crippen LogP contribution is -2.33. The quantitative estimate of drug-likeness (QED) is 0.0482. The molecular weight excluding hydrogens is 769 g/mol. The Morgan fingerprint density at radius 3 is 2.12 bits per heavy atom. The van der Waals surface area contributed by atoms with Crippen molar-refractivity contribution in [3.8, 4) is 0 Å². The maximum atomic E-state index is 12.5. The van der Waals surface area contributed by atoms with Crippen LogP contribution in [0.4, 0.5) is 11.9 Å². The van der Waals surface area contributed by atoms with Gasteiger partial charge in [-0.2, -0.15) is 18.6 Å². The molecule has 5 heterocycles. The van der Waals surface area contributed by atoms with Crippen LogP contribution in [-0.4, -0.2) is 113 Å². The molecule has 1 aliphatic carbocycles. The Hall–Kier alpha value is -3.49. The Bertz CT molecular complexity index is 2280. The fourth-order valence-corrected chi connectivity index (χ4v) is 9.52. The first-order valence-corrected chi connectivity index (χ1v) is 19.2. The van der Waals surface area contributed by atoms with E-state index in [9.17, 15) is 58.4 Å². The number of nitrogens with one attached hydrogen (secondary N) is 2. The summed E-state index contributed by atoms with van der Waals surface area (Å²) in [5.41, 5.74) is 9.70. The number of aliphatic hydroxyl groups is 4. The van der Waals surface area contributed by atoms with Crippen LogP contribution in [0.15, 0.2) is 22.2 Å². The summed E-state index contributed by atoms with van der Waals surface area (Å²) in [4.78, 5) is 70.9. The van der Waals surface area contributed by atoms with Gasteiger partial charge in [0.15, 0.2) is 17.4 Å². The van der Waals surface area contributed by atoms with Crippen LogP contribution >= 0.6 is 23.5 Å². The number of imidazole rings is 2. The molecule has 11 atom stereocenters. The van der Waals surface area contributed by atoms with Crippen molar-refractivity contribution in [2.24, 2.45) is 13.0 Å². The van der Waals surface area contributed by atoms with Crippen molar-refractivity contribution in [2.75, 3.05) is 24.7 Å². The van der Waals surface area contributed by atoms with Gasteiger partial charge in [-0.25, -0.2) is 27.8 Å². The number of hydrogen-bond acceptors (Lipinski definition) is 19. The van der Waals surface area contributed by atoms with E-state index in [1.807, 2.05) is 0 Å². The van der Waals surface area contributed by atoms with Crippen LogP contribution in [0.1, 0.15) is 18.7 Å². The predicted octanol–water partition coefficient (Wildman–Crippen LogP) is -3.88. The molecule has 27 nitrogen and oxygen atoms in total. The van der Waals surface area contributed by atoms with Crippen LogP contribution in [0.5, 0.6) is 0 Å². The molecule has 6 rings (SSSR count). The van der Waals surface area contributed by atoms with E-state index in [0.29, 0.717) is 0 Å². The lowest BCUT2D eigenvalue weighted by atomic mass is 10.1. The molecule has 4 aromatic rings. The Morgan fingerprint density at radius 2 is 1.46 bits per heavy atom.